The normalized spacial score (nSPS) is 11.6. The van der Waals surface area contributed by atoms with Crippen LogP contribution in [0.2, 0.25) is 0 Å². The fourth-order valence-corrected chi connectivity index (χ4v) is 3.58. The molecular weight excluding hydrogens is 264 g/mol. The van der Waals surface area contributed by atoms with Gasteiger partial charge in [-0.05, 0) is 107 Å². The first-order chi connectivity index (χ1) is 10.6. The highest BCUT2D eigenvalue weighted by atomic mass is 14.1. The number of fused-ring (bicyclic) bond motifs is 3. The van der Waals surface area contributed by atoms with Crippen molar-refractivity contribution in [3.05, 3.63) is 70.8 Å². The molecule has 0 heteroatoms. The number of benzene rings is 4. The first-order valence-electron chi connectivity index (χ1n) is 7.89. The second-order valence-electron chi connectivity index (χ2n) is 6.44. The molecule has 0 saturated carbocycles. The van der Waals surface area contributed by atoms with E-state index < -0.39 is 0 Å². The van der Waals surface area contributed by atoms with Gasteiger partial charge in [0.1, 0.15) is 0 Å². The van der Waals surface area contributed by atoms with E-state index in [9.17, 15) is 0 Å². The molecule has 4 aromatic carbocycles. The van der Waals surface area contributed by atoms with Gasteiger partial charge in [-0.15, -0.1) is 0 Å². The molecule has 0 nitrogen and oxygen atoms in total. The van der Waals surface area contributed by atoms with Crippen molar-refractivity contribution in [2.24, 2.45) is 0 Å². The fraction of sp³-hybridized carbons (Fsp3) is 0.182. The fourth-order valence-electron chi connectivity index (χ4n) is 3.58. The summed E-state index contributed by atoms with van der Waals surface area (Å²) in [4.78, 5) is 0. The van der Waals surface area contributed by atoms with Gasteiger partial charge >= 0.3 is 0 Å². The summed E-state index contributed by atoms with van der Waals surface area (Å²) in [5.41, 5.74) is 5.66. The Labute approximate surface area is 131 Å². The first kappa shape index (κ1) is 13.3. The largest absolute Gasteiger partial charge is 0.0616 e. The van der Waals surface area contributed by atoms with Crippen LogP contribution in [0.1, 0.15) is 22.3 Å². The summed E-state index contributed by atoms with van der Waals surface area (Å²) in [6.45, 7) is 8.97. The van der Waals surface area contributed by atoms with Gasteiger partial charge in [0.2, 0.25) is 0 Å². The molecule has 0 amide bonds. The molecule has 0 N–H and O–H groups in total. The van der Waals surface area contributed by atoms with Crippen LogP contribution in [0.25, 0.3) is 32.3 Å². The van der Waals surface area contributed by atoms with Crippen LogP contribution in [0.3, 0.4) is 0 Å². The van der Waals surface area contributed by atoms with Gasteiger partial charge < -0.3 is 0 Å². The van der Waals surface area contributed by atoms with Crippen LogP contribution in [-0.2, 0) is 0 Å². The zero-order valence-corrected chi connectivity index (χ0v) is 13.6. The maximum atomic E-state index is 2.37. The molecular formula is C22H20. The quantitative estimate of drug-likeness (QED) is 0.329. The molecule has 0 aliphatic carbocycles. The third-order valence-electron chi connectivity index (χ3n) is 5.34. The lowest BCUT2D eigenvalue weighted by Gasteiger charge is -2.15. The molecule has 0 spiro atoms. The van der Waals surface area contributed by atoms with E-state index in [0.29, 0.717) is 0 Å². The highest BCUT2D eigenvalue weighted by molar-refractivity contribution is 6.06. The van der Waals surface area contributed by atoms with Crippen molar-refractivity contribution in [1.29, 1.82) is 0 Å². The molecule has 0 atom stereocenters. The predicted octanol–water partition coefficient (Wildman–Crippen LogP) is 6.38. The third kappa shape index (κ3) is 1.77. The summed E-state index contributed by atoms with van der Waals surface area (Å²) >= 11 is 0. The van der Waals surface area contributed by atoms with Crippen molar-refractivity contribution in [3.8, 4) is 0 Å². The maximum absolute atomic E-state index is 2.37. The van der Waals surface area contributed by atoms with Crippen molar-refractivity contribution in [3.63, 3.8) is 0 Å². The Morgan fingerprint density at radius 2 is 0.864 bits per heavy atom. The Morgan fingerprint density at radius 1 is 0.455 bits per heavy atom. The molecule has 22 heavy (non-hydrogen) atoms. The van der Waals surface area contributed by atoms with E-state index in [0.717, 1.165) is 0 Å². The maximum Gasteiger partial charge on any atom is -0.0143 e. The van der Waals surface area contributed by atoms with E-state index in [2.05, 4.69) is 76.2 Å². The molecule has 0 unspecified atom stereocenters. The van der Waals surface area contributed by atoms with Gasteiger partial charge in [-0.3, -0.25) is 0 Å². The number of hydrogen-bond donors (Lipinski definition) is 0. The van der Waals surface area contributed by atoms with Gasteiger partial charge in [0.25, 0.3) is 0 Å². The van der Waals surface area contributed by atoms with E-state index in [4.69, 9.17) is 0 Å². The molecule has 0 saturated heterocycles. The zero-order chi connectivity index (χ0) is 15.4. The summed E-state index contributed by atoms with van der Waals surface area (Å²) in [6, 6.07) is 18.0. The van der Waals surface area contributed by atoms with E-state index in [1.54, 1.807) is 0 Å². The molecule has 108 valence electrons. The first-order valence-corrected chi connectivity index (χ1v) is 7.89. The predicted molar refractivity (Wildman–Crippen MR) is 97.9 cm³/mol. The lowest BCUT2D eigenvalue weighted by molar-refractivity contribution is 1.25. The molecule has 4 rings (SSSR count). The second-order valence-corrected chi connectivity index (χ2v) is 6.44. The third-order valence-corrected chi connectivity index (χ3v) is 5.34. The standard InChI is InChI=1S/C22H20/c1-13-14(2)16(4)22-12-20-10-18-8-6-5-7-17(18)9-19(20)11-21(22)15(13)3/h5-12H,1-4H3. The van der Waals surface area contributed by atoms with Gasteiger partial charge in [-0.1, -0.05) is 24.3 Å². The molecule has 4 aromatic rings. The summed E-state index contributed by atoms with van der Waals surface area (Å²) in [7, 11) is 0. The molecule has 0 radical (unpaired) electrons. The van der Waals surface area contributed by atoms with Crippen molar-refractivity contribution in [2.45, 2.75) is 27.7 Å². The Kier molecular flexibility index (Phi) is 2.77. The summed E-state index contributed by atoms with van der Waals surface area (Å²) < 4.78 is 0. The highest BCUT2D eigenvalue weighted by Crippen LogP contribution is 2.33. The minimum absolute atomic E-state index is 1.31. The molecule has 0 heterocycles. The van der Waals surface area contributed by atoms with E-state index in [1.807, 2.05) is 0 Å². The topological polar surface area (TPSA) is 0 Å². The zero-order valence-electron chi connectivity index (χ0n) is 13.6. The minimum atomic E-state index is 1.31. The van der Waals surface area contributed by atoms with Crippen LogP contribution in [0.15, 0.2) is 48.5 Å². The Bertz CT molecular complexity index is 967. The highest BCUT2D eigenvalue weighted by Gasteiger charge is 2.10. The Morgan fingerprint density at radius 3 is 1.27 bits per heavy atom. The monoisotopic (exact) mass is 284 g/mol. The average molecular weight is 284 g/mol. The van der Waals surface area contributed by atoms with Crippen LogP contribution in [0, 0.1) is 27.7 Å². The van der Waals surface area contributed by atoms with E-state index in [-0.39, 0.29) is 0 Å². The smallest absolute Gasteiger partial charge is 0.0143 e. The van der Waals surface area contributed by atoms with Crippen LogP contribution < -0.4 is 0 Å². The van der Waals surface area contributed by atoms with Crippen LogP contribution in [0.5, 0.6) is 0 Å². The molecule has 0 aliphatic heterocycles. The van der Waals surface area contributed by atoms with Crippen molar-refractivity contribution >= 4 is 32.3 Å². The van der Waals surface area contributed by atoms with E-state index in [1.165, 1.54) is 54.6 Å². The van der Waals surface area contributed by atoms with Gasteiger partial charge in [0.05, 0.1) is 0 Å². The van der Waals surface area contributed by atoms with Crippen LogP contribution >= 0.6 is 0 Å². The van der Waals surface area contributed by atoms with Gasteiger partial charge in [0, 0.05) is 0 Å². The molecule has 0 aromatic heterocycles. The van der Waals surface area contributed by atoms with Crippen molar-refractivity contribution in [1.82, 2.24) is 0 Å². The Hall–Kier alpha value is -2.34. The minimum Gasteiger partial charge on any atom is -0.0616 e. The lowest BCUT2D eigenvalue weighted by atomic mass is 9.89. The van der Waals surface area contributed by atoms with Crippen molar-refractivity contribution in [2.75, 3.05) is 0 Å². The SMILES string of the molecule is Cc1c(C)c(C)c2cc3cc4ccccc4cc3cc2c1C. The lowest BCUT2D eigenvalue weighted by Crippen LogP contribution is -1.94. The summed E-state index contributed by atoms with van der Waals surface area (Å²) in [6.07, 6.45) is 0. The van der Waals surface area contributed by atoms with Crippen LogP contribution in [0.4, 0.5) is 0 Å². The number of aryl methyl sites for hydroxylation is 2. The summed E-state index contributed by atoms with van der Waals surface area (Å²) in [5, 5.41) is 8.07. The van der Waals surface area contributed by atoms with Gasteiger partial charge in [0.15, 0.2) is 0 Å². The number of rotatable bonds is 0. The van der Waals surface area contributed by atoms with Gasteiger partial charge in [-0.2, -0.15) is 0 Å². The molecule has 0 bridgehead atoms. The Balaban J connectivity index is 2.21. The van der Waals surface area contributed by atoms with Crippen LogP contribution in [-0.4, -0.2) is 0 Å². The van der Waals surface area contributed by atoms with Gasteiger partial charge in [-0.25, -0.2) is 0 Å². The average Bonchev–Trinajstić information content (AvgIpc) is 2.55. The van der Waals surface area contributed by atoms with E-state index >= 15 is 0 Å². The summed E-state index contributed by atoms with van der Waals surface area (Å²) in [5.74, 6) is 0. The number of hydrogen-bond acceptors (Lipinski definition) is 0. The molecule has 0 aliphatic rings. The molecule has 0 fully saturated rings. The van der Waals surface area contributed by atoms with Crippen molar-refractivity contribution < 1.29 is 0 Å². The second kappa shape index (κ2) is 4.58.